The van der Waals surface area contributed by atoms with Gasteiger partial charge in [0.25, 0.3) is 0 Å². The maximum absolute atomic E-state index is 9.26. The van der Waals surface area contributed by atoms with Crippen LogP contribution in [0.4, 0.5) is 0 Å². The highest BCUT2D eigenvalue weighted by molar-refractivity contribution is 4.75. The maximum Gasteiger partial charge on any atom is 0.0619 e. The van der Waals surface area contributed by atoms with Crippen LogP contribution < -0.4 is 5.32 Å². The van der Waals surface area contributed by atoms with Gasteiger partial charge in [-0.25, -0.2) is 0 Å². The molecule has 0 amide bonds. The lowest BCUT2D eigenvalue weighted by Gasteiger charge is -2.34. The quantitative estimate of drug-likeness (QED) is 0.696. The van der Waals surface area contributed by atoms with Gasteiger partial charge in [0.1, 0.15) is 0 Å². The number of nitrogens with zero attached hydrogens (tertiary/aromatic N) is 1. The second kappa shape index (κ2) is 7.22. The Labute approximate surface area is 99.0 Å². The van der Waals surface area contributed by atoms with Gasteiger partial charge in [0.2, 0.25) is 0 Å². The Morgan fingerprint density at radius 2 is 2.25 bits per heavy atom. The van der Waals surface area contributed by atoms with Crippen LogP contribution in [0.15, 0.2) is 0 Å². The Hall–Kier alpha value is -0.160. The van der Waals surface area contributed by atoms with E-state index in [2.05, 4.69) is 31.0 Å². The van der Waals surface area contributed by atoms with Gasteiger partial charge in [0.05, 0.1) is 19.8 Å². The molecule has 0 bridgehead atoms. The fourth-order valence-electron chi connectivity index (χ4n) is 2.11. The van der Waals surface area contributed by atoms with Crippen molar-refractivity contribution in [3.8, 4) is 0 Å². The summed E-state index contributed by atoms with van der Waals surface area (Å²) in [5, 5.41) is 12.6. The molecule has 1 fully saturated rings. The molecule has 0 aliphatic carbocycles. The molecule has 1 aliphatic heterocycles. The zero-order valence-electron chi connectivity index (χ0n) is 10.8. The molecular formula is C12H26N2O2. The van der Waals surface area contributed by atoms with Crippen molar-refractivity contribution in [2.75, 3.05) is 32.9 Å². The molecule has 16 heavy (non-hydrogen) atoms. The van der Waals surface area contributed by atoms with E-state index in [4.69, 9.17) is 4.74 Å². The Morgan fingerprint density at radius 1 is 1.50 bits per heavy atom. The van der Waals surface area contributed by atoms with Gasteiger partial charge >= 0.3 is 0 Å². The molecule has 2 N–H and O–H groups in total. The normalized spacial score (nSPS) is 24.9. The van der Waals surface area contributed by atoms with Crippen molar-refractivity contribution in [2.45, 2.75) is 45.3 Å². The van der Waals surface area contributed by atoms with E-state index in [-0.39, 0.29) is 12.6 Å². The summed E-state index contributed by atoms with van der Waals surface area (Å²) >= 11 is 0. The van der Waals surface area contributed by atoms with Gasteiger partial charge in [0.15, 0.2) is 0 Å². The Bertz CT molecular complexity index is 188. The zero-order valence-corrected chi connectivity index (χ0v) is 10.8. The van der Waals surface area contributed by atoms with Gasteiger partial charge in [-0.2, -0.15) is 0 Å². The van der Waals surface area contributed by atoms with Crippen molar-refractivity contribution in [1.29, 1.82) is 0 Å². The van der Waals surface area contributed by atoms with Crippen molar-refractivity contribution in [3.05, 3.63) is 0 Å². The summed E-state index contributed by atoms with van der Waals surface area (Å²) in [6.07, 6.45) is 0.999. The minimum absolute atomic E-state index is 0.218. The summed E-state index contributed by atoms with van der Waals surface area (Å²) in [5.74, 6) is 0. The first kappa shape index (κ1) is 13.9. The molecule has 1 aliphatic rings. The minimum Gasteiger partial charge on any atom is -0.395 e. The molecule has 4 nitrogen and oxygen atoms in total. The van der Waals surface area contributed by atoms with Crippen molar-refractivity contribution < 1.29 is 9.84 Å². The standard InChI is InChI=1S/C12H26N2O2/c1-10(2)13-12(8-15)4-5-14-6-7-16-9-11(14)3/h10-13,15H,4-9H2,1-3H3. The lowest BCUT2D eigenvalue weighted by atomic mass is 10.1. The van der Waals surface area contributed by atoms with Crippen LogP contribution >= 0.6 is 0 Å². The summed E-state index contributed by atoms with van der Waals surface area (Å²) in [4.78, 5) is 2.44. The number of hydrogen-bond donors (Lipinski definition) is 2. The highest BCUT2D eigenvalue weighted by Gasteiger charge is 2.19. The van der Waals surface area contributed by atoms with E-state index >= 15 is 0 Å². The van der Waals surface area contributed by atoms with Crippen molar-refractivity contribution in [3.63, 3.8) is 0 Å². The SMILES string of the molecule is CC(C)NC(CO)CCN1CCOCC1C. The summed E-state index contributed by atoms with van der Waals surface area (Å²) in [6.45, 7) is 10.4. The van der Waals surface area contributed by atoms with E-state index < -0.39 is 0 Å². The molecule has 1 rings (SSSR count). The van der Waals surface area contributed by atoms with Gasteiger partial charge < -0.3 is 15.2 Å². The highest BCUT2D eigenvalue weighted by atomic mass is 16.5. The monoisotopic (exact) mass is 230 g/mol. The van der Waals surface area contributed by atoms with E-state index in [9.17, 15) is 5.11 Å². The molecule has 0 radical (unpaired) electrons. The van der Waals surface area contributed by atoms with Crippen LogP contribution in [0.25, 0.3) is 0 Å². The fraction of sp³-hybridized carbons (Fsp3) is 1.00. The number of nitrogens with one attached hydrogen (secondary N) is 1. The molecule has 2 atom stereocenters. The first-order valence-electron chi connectivity index (χ1n) is 6.32. The molecule has 4 heteroatoms. The molecule has 0 saturated carbocycles. The molecule has 0 aromatic carbocycles. The molecule has 0 aromatic heterocycles. The number of aliphatic hydroxyl groups excluding tert-OH is 1. The van der Waals surface area contributed by atoms with Crippen molar-refractivity contribution >= 4 is 0 Å². The number of ether oxygens (including phenoxy) is 1. The number of hydrogen-bond acceptors (Lipinski definition) is 4. The predicted octanol–water partition coefficient (Wildman–Crippen LogP) is 0.456. The lowest BCUT2D eigenvalue weighted by Crippen LogP contribution is -2.46. The Kier molecular flexibility index (Phi) is 6.28. The second-order valence-corrected chi connectivity index (χ2v) is 4.95. The minimum atomic E-state index is 0.218. The van der Waals surface area contributed by atoms with Crippen LogP contribution in [-0.2, 0) is 4.74 Å². The number of aliphatic hydroxyl groups is 1. The molecule has 0 spiro atoms. The van der Waals surface area contributed by atoms with Crippen molar-refractivity contribution in [2.24, 2.45) is 0 Å². The molecule has 1 saturated heterocycles. The van der Waals surface area contributed by atoms with E-state index in [1.54, 1.807) is 0 Å². The second-order valence-electron chi connectivity index (χ2n) is 4.95. The molecule has 0 aromatic rings. The van der Waals surface area contributed by atoms with E-state index in [0.717, 1.165) is 32.7 Å². The van der Waals surface area contributed by atoms with Gasteiger partial charge in [-0.05, 0) is 13.3 Å². The highest BCUT2D eigenvalue weighted by Crippen LogP contribution is 2.07. The average Bonchev–Trinajstić information content (AvgIpc) is 2.25. The van der Waals surface area contributed by atoms with Crippen molar-refractivity contribution in [1.82, 2.24) is 10.2 Å². The van der Waals surface area contributed by atoms with E-state index in [0.29, 0.717) is 12.1 Å². The van der Waals surface area contributed by atoms with Gasteiger partial charge in [-0.1, -0.05) is 13.8 Å². The van der Waals surface area contributed by atoms with Crippen LogP contribution in [0.1, 0.15) is 27.2 Å². The third kappa shape index (κ3) is 4.78. The van der Waals surface area contributed by atoms with Gasteiger partial charge in [-0.3, -0.25) is 4.90 Å². The maximum atomic E-state index is 9.26. The van der Waals surface area contributed by atoms with E-state index in [1.807, 2.05) is 0 Å². The summed E-state index contributed by atoms with van der Waals surface area (Å²) < 4.78 is 5.40. The smallest absolute Gasteiger partial charge is 0.0619 e. The first-order chi connectivity index (χ1) is 7.63. The summed E-state index contributed by atoms with van der Waals surface area (Å²) in [7, 11) is 0. The summed E-state index contributed by atoms with van der Waals surface area (Å²) in [6, 6.07) is 1.15. The Morgan fingerprint density at radius 3 is 2.81 bits per heavy atom. The predicted molar refractivity (Wildman–Crippen MR) is 65.6 cm³/mol. The largest absolute Gasteiger partial charge is 0.395 e. The van der Waals surface area contributed by atoms with Crippen LogP contribution in [0.3, 0.4) is 0 Å². The van der Waals surface area contributed by atoms with Crippen LogP contribution in [0, 0.1) is 0 Å². The van der Waals surface area contributed by atoms with Crippen LogP contribution in [0.5, 0.6) is 0 Å². The van der Waals surface area contributed by atoms with Crippen LogP contribution in [-0.4, -0.2) is 61.0 Å². The zero-order chi connectivity index (χ0) is 12.0. The topological polar surface area (TPSA) is 44.7 Å². The Balaban J connectivity index is 2.25. The van der Waals surface area contributed by atoms with E-state index in [1.165, 1.54) is 0 Å². The fourth-order valence-corrected chi connectivity index (χ4v) is 2.11. The molecule has 2 unspecified atom stereocenters. The van der Waals surface area contributed by atoms with Gasteiger partial charge in [-0.15, -0.1) is 0 Å². The van der Waals surface area contributed by atoms with Crippen LogP contribution in [0.2, 0.25) is 0 Å². The molecular weight excluding hydrogens is 204 g/mol. The number of rotatable bonds is 6. The molecule has 96 valence electrons. The first-order valence-corrected chi connectivity index (χ1v) is 6.32. The number of morpholine rings is 1. The lowest BCUT2D eigenvalue weighted by molar-refractivity contribution is -0.00266. The summed E-state index contributed by atoms with van der Waals surface area (Å²) in [5.41, 5.74) is 0. The third-order valence-corrected chi connectivity index (χ3v) is 3.06. The average molecular weight is 230 g/mol. The third-order valence-electron chi connectivity index (χ3n) is 3.06. The van der Waals surface area contributed by atoms with Gasteiger partial charge in [0, 0.05) is 31.2 Å². The molecule has 1 heterocycles.